The van der Waals surface area contributed by atoms with Gasteiger partial charge in [0.2, 0.25) is 0 Å². The van der Waals surface area contributed by atoms with Gasteiger partial charge in [-0.15, -0.1) is 0 Å². The first-order valence-electron chi connectivity index (χ1n) is 4.27. The van der Waals surface area contributed by atoms with Crippen molar-refractivity contribution in [2.45, 2.75) is 0 Å². The Morgan fingerprint density at radius 3 is 2.60 bits per heavy atom. The lowest BCUT2D eigenvalue weighted by Crippen LogP contribution is -2.13. The Hall–Kier alpha value is -2.17. The zero-order valence-corrected chi connectivity index (χ0v) is 7.70. The first-order valence-corrected chi connectivity index (χ1v) is 4.27. The third-order valence-corrected chi connectivity index (χ3v) is 2.01. The number of hydrogen-bond donors (Lipinski definition) is 2. The molecular weight excluding hydrogens is 197 g/mol. The van der Waals surface area contributed by atoms with E-state index in [1.165, 1.54) is 30.6 Å². The fraction of sp³-hybridized carbons (Fsp3) is 0. The third kappa shape index (κ3) is 1.71. The predicted octanol–water partition coefficient (Wildman–Crippen LogP) is 1.16. The Morgan fingerprint density at radius 1 is 1.27 bits per heavy atom. The highest BCUT2D eigenvalue weighted by atomic mass is 19.1. The summed E-state index contributed by atoms with van der Waals surface area (Å²) in [7, 11) is 0. The molecule has 15 heavy (non-hydrogen) atoms. The molecule has 0 amide bonds. The quantitative estimate of drug-likeness (QED) is 0.733. The average Bonchev–Trinajstić information content (AvgIpc) is 2.24. The fourth-order valence-electron chi connectivity index (χ4n) is 1.25. The van der Waals surface area contributed by atoms with Crippen LogP contribution in [0.1, 0.15) is 0 Å². The molecule has 2 aromatic rings. The van der Waals surface area contributed by atoms with Gasteiger partial charge in [0.1, 0.15) is 17.2 Å². The Kier molecular flexibility index (Phi) is 2.21. The van der Waals surface area contributed by atoms with E-state index in [0.29, 0.717) is 11.3 Å². The molecule has 1 heterocycles. The Morgan fingerprint density at radius 2 is 1.93 bits per heavy atom. The smallest absolute Gasteiger partial charge is 0.274 e. The van der Waals surface area contributed by atoms with Gasteiger partial charge >= 0.3 is 0 Å². The van der Waals surface area contributed by atoms with Crippen LogP contribution < -0.4 is 11.3 Å². The van der Waals surface area contributed by atoms with E-state index < -0.39 is 5.56 Å². The molecule has 0 aliphatic heterocycles. The van der Waals surface area contributed by atoms with E-state index in [1.807, 2.05) is 0 Å². The van der Waals surface area contributed by atoms with E-state index in [2.05, 4.69) is 9.97 Å². The number of nitrogens with zero attached hydrogens (tertiary/aromatic N) is 1. The van der Waals surface area contributed by atoms with Gasteiger partial charge in [0.25, 0.3) is 5.56 Å². The van der Waals surface area contributed by atoms with Crippen LogP contribution >= 0.6 is 0 Å². The molecule has 5 heteroatoms. The molecule has 0 saturated heterocycles. The SMILES string of the molecule is Nc1c(-c2ccc(F)cc2)nc[nH]c1=O. The fourth-order valence-corrected chi connectivity index (χ4v) is 1.25. The van der Waals surface area contributed by atoms with Gasteiger partial charge in [-0.25, -0.2) is 9.37 Å². The molecule has 0 radical (unpaired) electrons. The maximum absolute atomic E-state index is 12.7. The van der Waals surface area contributed by atoms with Crippen LogP contribution in [0.2, 0.25) is 0 Å². The highest BCUT2D eigenvalue weighted by Gasteiger charge is 2.06. The van der Waals surface area contributed by atoms with E-state index in [4.69, 9.17) is 5.73 Å². The minimum absolute atomic E-state index is 0.0316. The molecule has 0 atom stereocenters. The van der Waals surface area contributed by atoms with E-state index >= 15 is 0 Å². The van der Waals surface area contributed by atoms with E-state index in [-0.39, 0.29) is 11.5 Å². The summed E-state index contributed by atoms with van der Waals surface area (Å²) in [6.07, 6.45) is 1.26. The van der Waals surface area contributed by atoms with Gasteiger partial charge in [-0.05, 0) is 24.3 Å². The van der Waals surface area contributed by atoms with Crippen molar-refractivity contribution in [3.05, 3.63) is 46.8 Å². The predicted molar refractivity (Wildman–Crippen MR) is 54.7 cm³/mol. The summed E-state index contributed by atoms with van der Waals surface area (Å²) >= 11 is 0. The maximum Gasteiger partial charge on any atom is 0.274 e. The van der Waals surface area contributed by atoms with Crippen LogP contribution in [0.3, 0.4) is 0 Å². The number of benzene rings is 1. The lowest BCUT2D eigenvalue weighted by Gasteiger charge is -2.02. The maximum atomic E-state index is 12.7. The van der Waals surface area contributed by atoms with E-state index in [9.17, 15) is 9.18 Å². The number of rotatable bonds is 1. The highest BCUT2D eigenvalue weighted by molar-refractivity contribution is 5.71. The van der Waals surface area contributed by atoms with Gasteiger partial charge in [-0.3, -0.25) is 4.79 Å². The molecule has 0 unspecified atom stereocenters. The molecule has 0 bridgehead atoms. The third-order valence-electron chi connectivity index (χ3n) is 2.01. The summed E-state index contributed by atoms with van der Waals surface area (Å²) < 4.78 is 12.7. The van der Waals surface area contributed by atoms with Crippen molar-refractivity contribution in [2.75, 3.05) is 5.73 Å². The summed E-state index contributed by atoms with van der Waals surface area (Å²) in [5.41, 5.74) is 6.16. The summed E-state index contributed by atoms with van der Waals surface area (Å²) in [4.78, 5) is 17.5. The molecule has 1 aromatic carbocycles. The van der Waals surface area contributed by atoms with Crippen LogP contribution in [0.4, 0.5) is 10.1 Å². The van der Waals surface area contributed by atoms with Gasteiger partial charge in [-0.2, -0.15) is 0 Å². The number of hydrogen-bond acceptors (Lipinski definition) is 3. The minimum atomic E-state index is -0.399. The van der Waals surface area contributed by atoms with Gasteiger partial charge < -0.3 is 10.7 Å². The van der Waals surface area contributed by atoms with Crippen LogP contribution in [0, 0.1) is 5.82 Å². The summed E-state index contributed by atoms with van der Waals surface area (Å²) in [6.45, 7) is 0. The van der Waals surface area contributed by atoms with Gasteiger partial charge in [-0.1, -0.05) is 0 Å². The Balaban J connectivity index is 2.59. The minimum Gasteiger partial charge on any atom is -0.392 e. The summed E-state index contributed by atoms with van der Waals surface area (Å²) in [5.74, 6) is -0.345. The van der Waals surface area contributed by atoms with Crippen molar-refractivity contribution in [3.63, 3.8) is 0 Å². The first kappa shape index (κ1) is 9.39. The van der Waals surface area contributed by atoms with Crippen molar-refractivity contribution in [1.82, 2.24) is 9.97 Å². The van der Waals surface area contributed by atoms with E-state index in [1.54, 1.807) is 0 Å². The topological polar surface area (TPSA) is 71.8 Å². The number of halogens is 1. The normalized spacial score (nSPS) is 10.2. The molecule has 0 spiro atoms. The van der Waals surface area contributed by atoms with Crippen LogP contribution in [0.25, 0.3) is 11.3 Å². The van der Waals surface area contributed by atoms with Crippen molar-refractivity contribution in [3.8, 4) is 11.3 Å². The van der Waals surface area contributed by atoms with Crippen LogP contribution in [0.15, 0.2) is 35.4 Å². The first-order chi connectivity index (χ1) is 7.18. The molecule has 0 fully saturated rings. The second kappa shape index (κ2) is 3.53. The monoisotopic (exact) mass is 205 g/mol. The van der Waals surface area contributed by atoms with Crippen molar-refractivity contribution in [2.24, 2.45) is 0 Å². The molecule has 1 aromatic heterocycles. The van der Waals surface area contributed by atoms with Gasteiger partial charge in [0, 0.05) is 5.56 Å². The van der Waals surface area contributed by atoms with E-state index in [0.717, 1.165) is 0 Å². The van der Waals surface area contributed by atoms with Crippen molar-refractivity contribution in [1.29, 1.82) is 0 Å². The number of aromatic nitrogens is 2. The molecule has 3 N–H and O–H groups in total. The molecule has 76 valence electrons. The second-order valence-electron chi connectivity index (χ2n) is 3.00. The standard InChI is InChI=1S/C10H8FN3O/c11-7-3-1-6(2-4-7)9-8(12)10(15)14-5-13-9/h1-5H,12H2,(H,13,14,15). The molecule has 4 nitrogen and oxygen atoms in total. The van der Waals surface area contributed by atoms with Crippen molar-refractivity contribution < 1.29 is 4.39 Å². The lowest BCUT2D eigenvalue weighted by atomic mass is 10.1. The molecule has 0 aliphatic rings. The Bertz CT molecular complexity index is 533. The summed E-state index contributed by atoms with van der Waals surface area (Å²) in [5, 5.41) is 0. The molecular formula is C10H8FN3O. The van der Waals surface area contributed by atoms with Crippen molar-refractivity contribution >= 4 is 5.69 Å². The lowest BCUT2D eigenvalue weighted by molar-refractivity contribution is 0.628. The second-order valence-corrected chi connectivity index (χ2v) is 3.00. The van der Waals surface area contributed by atoms with Gasteiger partial charge in [0.15, 0.2) is 0 Å². The number of anilines is 1. The molecule has 0 aliphatic carbocycles. The van der Waals surface area contributed by atoms with Crippen LogP contribution in [-0.2, 0) is 0 Å². The van der Waals surface area contributed by atoms with Crippen LogP contribution in [-0.4, -0.2) is 9.97 Å². The number of nitrogen functional groups attached to an aromatic ring is 1. The zero-order chi connectivity index (χ0) is 10.8. The van der Waals surface area contributed by atoms with Crippen LogP contribution in [0.5, 0.6) is 0 Å². The average molecular weight is 205 g/mol. The molecule has 0 saturated carbocycles. The number of H-pyrrole nitrogens is 1. The Labute approximate surface area is 84.6 Å². The highest BCUT2D eigenvalue weighted by Crippen LogP contribution is 2.19. The van der Waals surface area contributed by atoms with Gasteiger partial charge in [0.05, 0.1) is 6.33 Å². The number of nitrogens with two attached hydrogens (primary N) is 1. The summed E-state index contributed by atoms with van der Waals surface area (Å²) in [6, 6.07) is 5.62. The largest absolute Gasteiger partial charge is 0.392 e. The number of aromatic amines is 1. The zero-order valence-electron chi connectivity index (χ0n) is 7.70. The number of nitrogens with one attached hydrogen (secondary N) is 1. The molecule has 2 rings (SSSR count).